The second kappa shape index (κ2) is 5.91. The Hall–Kier alpha value is -2.09. The number of Topliss-reactive ketones (excluding diaryl/α,β-unsaturated/α-hetero) is 1. The molecule has 1 aliphatic heterocycles. The predicted octanol–water partition coefficient (Wildman–Crippen LogP) is 3.74. The quantitative estimate of drug-likeness (QED) is 0.614. The van der Waals surface area contributed by atoms with Gasteiger partial charge in [-0.05, 0) is 31.1 Å². The number of aryl methyl sites for hydroxylation is 1. The maximum atomic E-state index is 12.3. The van der Waals surface area contributed by atoms with Crippen LogP contribution in [-0.2, 0) is 4.79 Å². The van der Waals surface area contributed by atoms with Gasteiger partial charge in [-0.3, -0.25) is 4.79 Å². The third-order valence-electron chi connectivity index (χ3n) is 3.84. The number of rotatable bonds is 3. The van der Waals surface area contributed by atoms with Crippen LogP contribution in [0.4, 0.5) is 0 Å². The number of ketones is 1. The number of benzene rings is 1. The maximum absolute atomic E-state index is 12.3. The summed E-state index contributed by atoms with van der Waals surface area (Å²) in [6.07, 6.45) is 4.27. The van der Waals surface area contributed by atoms with Gasteiger partial charge < -0.3 is 4.90 Å². The first-order valence-electron chi connectivity index (χ1n) is 6.90. The molecule has 1 saturated heterocycles. The Morgan fingerprint density at radius 3 is 2.75 bits per heavy atom. The Balaban J connectivity index is 2.39. The Labute approximate surface area is 121 Å². The van der Waals surface area contributed by atoms with E-state index in [-0.39, 0.29) is 11.8 Å². The Morgan fingerprint density at radius 2 is 2.10 bits per heavy atom. The van der Waals surface area contributed by atoms with Gasteiger partial charge in [0.2, 0.25) is 0 Å². The largest absolute Gasteiger partial charge is 0.364 e. The molecule has 2 rings (SSSR count). The van der Waals surface area contributed by atoms with Gasteiger partial charge in [0.1, 0.15) is 0 Å². The highest BCUT2D eigenvalue weighted by atomic mass is 16.1. The number of hydrogen-bond acceptors (Lipinski definition) is 2. The Bertz CT molecular complexity index is 583. The summed E-state index contributed by atoms with van der Waals surface area (Å²) in [7, 11) is 0. The summed E-state index contributed by atoms with van der Waals surface area (Å²) >= 11 is 0. The smallest absolute Gasteiger partial charge is 0.166 e. The lowest BCUT2D eigenvalue weighted by Crippen LogP contribution is -2.41. The number of hydrogen-bond donors (Lipinski definition) is 0. The van der Waals surface area contributed by atoms with E-state index in [4.69, 9.17) is 0 Å². The van der Waals surface area contributed by atoms with Gasteiger partial charge in [-0.15, -0.1) is 6.58 Å². The molecule has 1 fully saturated rings. The first kappa shape index (κ1) is 14.3. The molecule has 0 bridgehead atoms. The average molecular weight is 267 g/mol. The van der Waals surface area contributed by atoms with Crippen molar-refractivity contribution in [1.29, 1.82) is 0 Å². The van der Waals surface area contributed by atoms with Crippen molar-refractivity contribution in [2.75, 3.05) is 6.54 Å². The molecule has 104 valence electrons. The number of carbonyl (C=O) groups excluding carboxylic acids is 1. The second-order valence-electron chi connectivity index (χ2n) is 5.24. The lowest BCUT2D eigenvalue weighted by Gasteiger charge is -2.37. The maximum Gasteiger partial charge on any atom is 0.166 e. The van der Waals surface area contributed by atoms with Crippen molar-refractivity contribution >= 4 is 11.9 Å². The van der Waals surface area contributed by atoms with E-state index in [1.165, 1.54) is 5.56 Å². The van der Waals surface area contributed by atoms with Crippen molar-refractivity contribution in [1.82, 2.24) is 4.90 Å². The first-order valence-corrected chi connectivity index (χ1v) is 6.90. The van der Waals surface area contributed by atoms with Crippen LogP contribution in [0.5, 0.6) is 0 Å². The van der Waals surface area contributed by atoms with Crippen molar-refractivity contribution in [2.45, 2.75) is 26.3 Å². The third kappa shape index (κ3) is 2.74. The molecule has 1 heterocycles. The SMILES string of the molecule is C=CCN1C(=C)CC(=O)/C(=C/c2ccccc2C)C1C. The summed E-state index contributed by atoms with van der Waals surface area (Å²) in [6.45, 7) is 12.6. The van der Waals surface area contributed by atoms with Crippen LogP contribution in [0.15, 0.2) is 54.8 Å². The summed E-state index contributed by atoms with van der Waals surface area (Å²) in [5, 5.41) is 0. The second-order valence-corrected chi connectivity index (χ2v) is 5.24. The summed E-state index contributed by atoms with van der Waals surface area (Å²) in [5.41, 5.74) is 4.02. The van der Waals surface area contributed by atoms with Crippen LogP contribution < -0.4 is 0 Å². The van der Waals surface area contributed by atoms with E-state index in [9.17, 15) is 4.79 Å². The minimum Gasteiger partial charge on any atom is -0.364 e. The van der Waals surface area contributed by atoms with Crippen LogP contribution >= 0.6 is 0 Å². The molecule has 0 saturated carbocycles. The van der Waals surface area contributed by atoms with Crippen molar-refractivity contribution in [3.05, 3.63) is 65.9 Å². The highest BCUT2D eigenvalue weighted by molar-refractivity contribution is 6.03. The van der Waals surface area contributed by atoms with Crippen LogP contribution in [-0.4, -0.2) is 23.3 Å². The predicted molar refractivity (Wildman–Crippen MR) is 84.3 cm³/mol. The normalized spacial score (nSPS) is 21.4. The molecule has 1 aromatic carbocycles. The molecule has 0 amide bonds. The van der Waals surface area contributed by atoms with Gasteiger partial charge in [0, 0.05) is 17.8 Å². The van der Waals surface area contributed by atoms with Gasteiger partial charge >= 0.3 is 0 Å². The van der Waals surface area contributed by atoms with Crippen molar-refractivity contribution in [3.8, 4) is 0 Å². The van der Waals surface area contributed by atoms with Gasteiger partial charge in [0.25, 0.3) is 0 Å². The molecule has 0 spiro atoms. The van der Waals surface area contributed by atoms with E-state index >= 15 is 0 Å². The fourth-order valence-corrected chi connectivity index (χ4v) is 2.61. The van der Waals surface area contributed by atoms with E-state index in [1.54, 1.807) is 0 Å². The molecule has 0 aliphatic carbocycles. The van der Waals surface area contributed by atoms with Crippen molar-refractivity contribution < 1.29 is 4.79 Å². The van der Waals surface area contributed by atoms with E-state index < -0.39 is 0 Å². The number of carbonyl (C=O) groups is 1. The standard InChI is InChI=1S/C18H21NO/c1-5-10-19-14(3)11-18(20)17(15(19)4)12-16-9-7-6-8-13(16)2/h5-9,12,15H,1,3,10-11H2,2,4H3/b17-12+. The molecule has 20 heavy (non-hydrogen) atoms. The Morgan fingerprint density at radius 1 is 1.40 bits per heavy atom. The number of piperidine rings is 1. The molecule has 2 nitrogen and oxygen atoms in total. The minimum absolute atomic E-state index is 0.0429. The van der Waals surface area contributed by atoms with Crippen molar-refractivity contribution in [3.63, 3.8) is 0 Å². The lowest BCUT2D eigenvalue weighted by atomic mass is 9.91. The summed E-state index contributed by atoms with van der Waals surface area (Å²) < 4.78 is 0. The van der Waals surface area contributed by atoms with E-state index in [0.717, 1.165) is 23.4 Å². The van der Waals surface area contributed by atoms with Crippen LogP contribution in [0.2, 0.25) is 0 Å². The van der Waals surface area contributed by atoms with E-state index in [2.05, 4.69) is 38.0 Å². The molecule has 1 aliphatic rings. The number of allylic oxidation sites excluding steroid dienone is 1. The molecule has 0 N–H and O–H groups in total. The zero-order valence-corrected chi connectivity index (χ0v) is 12.2. The summed E-state index contributed by atoms with van der Waals surface area (Å²) in [6, 6.07) is 8.16. The van der Waals surface area contributed by atoms with Gasteiger partial charge in [-0.1, -0.05) is 36.9 Å². The van der Waals surface area contributed by atoms with Crippen LogP contribution in [0, 0.1) is 6.92 Å². The highest BCUT2D eigenvalue weighted by Crippen LogP contribution is 2.28. The zero-order valence-electron chi connectivity index (χ0n) is 12.2. The van der Waals surface area contributed by atoms with Gasteiger partial charge in [0.15, 0.2) is 5.78 Å². The fourth-order valence-electron chi connectivity index (χ4n) is 2.61. The van der Waals surface area contributed by atoms with Crippen LogP contribution in [0.25, 0.3) is 6.08 Å². The van der Waals surface area contributed by atoms with Gasteiger partial charge in [-0.2, -0.15) is 0 Å². The molecule has 1 atom stereocenters. The third-order valence-corrected chi connectivity index (χ3v) is 3.84. The summed E-state index contributed by atoms with van der Waals surface area (Å²) in [5.74, 6) is 0.172. The first-order chi connectivity index (χ1) is 9.54. The lowest BCUT2D eigenvalue weighted by molar-refractivity contribution is -0.116. The average Bonchev–Trinajstić information content (AvgIpc) is 2.41. The molecule has 0 radical (unpaired) electrons. The number of nitrogens with zero attached hydrogens (tertiary/aromatic N) is 1. The van der Waals surface area contributed by atoms with Gasteiger partial charge in [0.05, 0.1) is 12.5 Å². The fraction of sp³-hybridized carbons (Fsp3) is 0.278. The molecule has 1 unspecified atom stereocenters. The molecule has 1 aromatic rings. The van der Waals surface area contributed by atoms with Gasteiger partial charge in [-0.25, -0.2) is 0 Å². The topological polar surface area (TPSA) is 20.3 Å². The molecular formula is C18H21NO. The summed E-state index contributed by atoms with van der Waals surface area (Å²) in [4.78, 5) is 14.4. The van der Waals surface area contributed by atoms with Crippen LogP contribution in [0.1, 0.15) is 24.5 Å². The Kier molecular flexibility index (Phi) is 4.23. The van der Waals surface area contributed by atoms with E-state index in [1.807, 2.05) is 30.4 Å². The number of likely N-dealkylation sites (tertiary alicyclic amines) is 1. The van der Waals surface area contributed by atoms with Crippen molar-refractivity contribution in [2.24, 2.45) is 0 Å². The highest BCUT2D eigenvalue weighted by Gasteiger charge is 2.29. The molecular weight excluding hydrogens is 246 g/mol. The molecule has 2 heteroatoms. The van der Waals surface area contributed by atoms with Crippen LogP contribution in [0.3, 0.4) is 0 Å². The monoisotopic (exact) mass is 267 g/mol. The van der Waals surface area contributed by atoms with E-state index in [0.29, 0.717) is 6.42 Å². The zero-order chi connectivity index (χ0) is 14.7. The minimum atomic E-state index is 0.0429. The molecule has 0 aromatic heterocycles.